The van der Waals surface area contributed by atoms with Gasteiger partial charge < -0.3 is 10.8 Å². The predicted octanol–water partition coefficient (Wildman–Crippen LogP) is -0.200. The maximum absolute atomic E-state index is 11.5. The first-order valence-corrected chi connectivity index (χ1v) is 5.13. The number of carbonyl (C=O) groups is 1. The van der Waals surface area contributed by atoms with Crippen molar-refractivity contribution in [3.05, 3.63) is 33.3 Å². The summed E-state index contributed by atoms with van der Waals surface area (Å²) in [4.78, 5) is 24.3. The summed E-state index contributed by atoms with van der Waals surface area (Å²) in [5.74, 6) is -0.376. The summed E-state index contributed by atoms with van der Waals surface area (Å²) in [5.41, 5.74) is 5.91. The van der Waals surface area contributed by atoms with Crippen LogP contribution in [-0.4, -0.2) is 26.9 Å². The van der Waals surface area contributed by atoms with Gasteiger partial charge in [-0.2, -0.15) is 5.10 Å². The number of H-pyrrole nitrogens is 1. The van der Waals surface area contributed by atoms with Crippen molar-refractivity contribution in [1.82, 2.24) is 15.0 Å². The van der Waals surface area contributed by atoms with Crippen molar-refractivity contribution in [1.29, 1.82) is 0 Å². The Morgan fingerprint density at radius 2 is 2.39 bits per heavy atom. The van der Waals surface area contributed by atoms with Crippen molar-refractivity contribution >= 4 is 24.5 Å². The molecule has 0 atom stereocenters. The van der Waals surface area contributed by atoms with Crippen LogP contribution < -0.4 is 16.7 Å². The van der Waals surface area contributed by atoms with Gasteiger partial charge in [0.05, 0.1) is 6.21 Å². The lowest BCUT2D eigenvalue weighted by Crippen LogP contribution is -2.25. The Morgan fingerprint density at radius 1 is 1.72 bits per heavy atom. The Kier molecular flexibility index (Phi) is 4.38. The Bertz CT molecular complexity index is 616. The summed E-state index contributed by atoms with van der Waals surface area (Å²) in [6, 6.07) is -0.888. The van der Waals surface area contributed by atoms with Crippen LogP contribution in [0.2, 0.25) is 0 Å². The van der Waals surface area contributed by atoms with Crippen molar-refractivity contribution in [2.45, 2.75) is 6.54 Å². The number of urea groups is 1. The number of primary amides is 1. The Hall–Kier alpha value is -2.42. The molecule has 0 aliphatic carbocycles. The molecule has 0 unspecified atom stereocenters. The first-order valence-electron chi connectivity index (χ1n) is 4.73. The third-order valence-electron chi connectivity index (χ3n) is 1.89. The van der Waals surface area contributed by atoms with Crippen LogP contribution in [-0.2, 0) is 6.54 Å². The molecule has 0 aromatic carbocycles. The zero-order valence-corrected chi connectivity index (χ0v) is 10.0. The highest BCUT2D eigenvalue weighted by Gasteiger charge is 2.09. The molecule has 0 fully saturated rings. The zero-order valence-electron chi connectivity index (χ0n) is 9.21. The first kappa shape index (κ1) is 13.6. The molecule has 18 heavy (non-hydrogen) atoms. The van der Waals surface area contributed by atoms with Crippen LogP contribution in [0.15, 0.2) is 22.6 Å². The number of nitrogens with one attached hydrogen (secondary N) is 2. The molecule has 0 aliphatic heterocycles. The smallest absolute Gasteiger partial charge is 0.332 e. The largest absolute Gasteiger partial charge is 0.494 e. The van der Waals surface area contributed by atoms with Gasteiger partial charge in [-0.25, -0.2) is 10.2 Å². The summed E-state index contributed by atoms with van der Waals surface area (Å²) in [5, 5.41) is 13.2. The molecule has 1 rings (SSSR count). The molecule has 0 spiro atoms. The monoisotopic (exact) mass is 269 g/mol. The lowest BCUT2D eigenvalue weighted by molar-refractivity contribution is 0.249. The van der Waals surface area contributed by atoms with Gasteiger partial charge >= 0.3 is 6.03 Å². The molecule has 1 aromatic heterocycles. The van der Waals surface area contributed by atoms with Crippen LogP contribution in [0.5, 0.6) is 5.88 Å². The second-order valence-electron chi connectivity index (χ2n) is 3.13. The van der Waals surface area contributed by atoms with E-state index in [0.717, 1.165) is 6.21 Å². The molecule has 1 aromatic rings. The molecular weight excluding hydrogens is 258 g/mol. The number of aromatic hydroxyl groups is 1. The quantitative estimate of drug-likeness (QED) is 0.261. The summed E-state index contributed by atoms with van der Waals surface area (Å²) in [6.45, 7) is 3.71. The third-order valence-corrected chi connectivity index (χ3v) is 2.21. The van der Waals surface area contributed by atoms with E-state index in [1.807, 2.05) is 5.43 Å². The van der Waals surface area contributed by atoms with Gasteiger partial charge in [-0.3, -0.25) is 14.3 Å². The molecular formula is C9H11N5O3S. The Morgan fingerprint density at radius 3 is 2.94 bits per heavy atom. The van der Waals surface area contributed by atoms with Gasteiger partial charge in [0.1, 0.15) is 5.56 Å². The second kappa shape index (κ2) is 5.77. The average Bonchev–Trinajstić information content (AvgIpc) is 2.28. The third kappa shape index (κ3) is 3.04. The highest BCUT2D eigenvalue weighted by atomic mass is 32.1. The Balaban J connectivity index is 3.27. The van der Waals surface area contributed by atoms with Gasteiger partial charge in [-0.15, -0.1) is 6.58 Å². The van der Waals surface area contributed by atoms with Gasteiger partial charge in [0, 0.05) is 6.54 Å². The number of nitrogens with two attached hydrogens (primary N) is 1. The van der Waals surface area contributed by atoms with E-state index >= 15 is 0 Å². The number of hydrogen-bond donors (Lipinski definition) is 4. The molecule has 0 radical (unpaired) electrons. The van der Waals surface area contributed by atoms with Crippen molar-refractivity contribution in [3.8, 4) is 5.88 Å². The van der Waals surface area contributed by atoms with Crippen molar-refractivity contribution in [2.24, 2.45) is 10.8 Å². The van der Waals surface area contributed by atoms with Gasteiger partial charge in [0.25, 0.3) is 5.56 Å². The number of nitrogens with zero attached hydrogens (tertiary/aromatic N) is 2. The molecule has 0 saturated carbocycles. The topological polar surface area (TPSA) is 125 Å². The highest BCUT2D eigenvalue weighted by molar-refractivity contribution is 7.71. The molecule has 0 aliphatic rings. The number of aromatic nitrogens is 2. The molecule has 2 amide bonds. The average molecular weight is 269 g/mol. The molecule has 9 heteroatoms. The van der Waals surface area contributed by atoms with Crippen molar-refractivity contribution in [3.63, 3.8) is 0 Å². The van der Waals surface area contributed by atoms with Crippen molar-refractivity contribution in [2.75, 3.05) is 0 Å². The summed E-state index contributed by atoms with van der Waals surface area (Å²) >= 11 is 4.87. The molecule has 0 saturated heterocycles. The lowest BCUT2D eigenvalue weighted by Gasteiger charge is -2.08. The number of allylic oxidation sites excluding steroid dienone is 1. The van der Waals surface area contributed by atoms with E-state index < -0.39 is 11.6 Å². The molecule has 8 nitrogen and oxygen atoms in total. The number of hydrogen-bond acceptors (Lipinski definition) is 5. The minimum atomic E-state index is -0.888. The number of carbonyl (C=O) groups excluding carboxylic acids is 1. The molecule has 96 valence electrons. The van der Waals surface area contributed by atoms with Crippen LogP contribution in [0.4, 0.5) is 4.79 Å². The van der Waals surface area contributed by atoms with Gasteiger partial charge in [-0.1, -0.05) is 6.08 Å². The Labute approximate surface area is 106 Å². The van der Waals surface area contributed by atoms with Crippen LogP contribution >= 0.6 is 12.2 Å². The minimum Gasteiger partial charge on any atom is -0.494 e. The summed E-state index contributed by atoms with van der Waals surface area (Å²) in [6.07, 6.45) is 2.46. The van der Waals surface area contributed by atoms with E-state index in [0.29, 0.717) is 0 Å². The zero-order chi connectivity index (χ0) is 13.7. The van der Waals surface area contributed by atoms with E-state index in [4.69, 9.17) is 18.0 Å². The van der Waals surface area contributed by atoms with Gasteiger partial charge in [0.2, 0.25) is 5.88 Å². The fraction of sp³-hybridized carbons (Fsp3) is 0.111. The standard InChI is InChI=1S/C9H11N5O3S/c1-2-3-14-7(16)5(4-11-13-8(10)17)6(15)12-9(14)18/h2,4,16H,1,3H2,(H3,10,13,17)(H,12,15,18). The number of hydrazone groups is 1. The minimum absolute atomic E-state index is 0.0532. The first-order chi connectivity index (χ1) is 8.47. The fourth-order valence-electron chi connectivity index (χ4n) is 1.15. The molecule has 0 bridgehead atoms. The maximum Gasteiger partial charge on any atom is 0.332 e. The normalized spacial score (nSPS) is 10.4. The van der Waals surface area contributed by atoms with Crippen LogP contribution in [0.1, 0.15) is 5.56 Å². The van der Waals surface area contributed by atoms with E-state index in [1.54, 1.807) is 0 Å². The van der Waals surface area contributed by atoms with Gasteiger partial charge in [-0.05, 0) is 12.2 Å². The van der Waals surface area contributed by atoms with Crippen LogP contribution in [0.25, 0.3) is 0 Å². The number of rotatable bonds is 4. The lowest BCUT2D eigenvalue weighted by atomic mass is 10.3. The van der Waals surface area contributed by atoms with Gasteiger partial charge in [0.15, 0.2) is 4.77 Å². The van der Waals surface area contributed by atoms with Crippen LogP contribution in [0.3, 0.4) is 0 Å². The number of aromatic amines is 1. The maximum atomic E-state index is 11.5. The predicted molar refractivity (Wildman–Crippen MR) is 68.1 cm³/mol. The summed E-state index contributed by atoms with van der Waals surface area (Å²) < 4.78 is 1.30. The molecule has 1 heterocycles. The SMILES string of the molecule is C=CCn1c(O)c(C=NNC(N)=O)c(=O)[nH]c1=S. The van der Waals surface area contributed by atoms with Crippen LogP contribution in [0, 0.1) is 4.77 Å². The van der Waals surface area contributed by atoms with E-state index in [1.165, 1.54) is 10.6 Å². The van der Waals surface area contributed by atoms with Crippen molar-refractivity contribution < 1.29 is 9.90 Å². The highest BCUT2D eigenvalue weighted by Crippen LogP contribution is 2.10. The van der Waals surface area contributed by atoms with E-state index in [9.17, 15) is 14.7 Å². The van der Waals surface area contributed by atoms with E-state index in [2.05, 4.69) is 16.7 Å². The van der Waals surface area contributed by atoms with E-state index in [-0.39, 0.29) is 22.8 Å². The molecule has 5 N–H and O–H groups in total. The number of amides is 2. The summed E-state index contributed by atoms with van der Waals surface area (Å²) in [7, 11) is 0. The second-order valence-corrected chi connectivity index (χ2v) is 3.52. The fourth-order valence-corrected chi connectivity index (χ4v) is 1.40.